The molecule has 0 spiro atoms. The van der Waals surface area contributed by atoms with Crippen LogP contribution in [-0.2, 0) is 0 Å². The third kappa shape index (κ3) is 1.91. The Morgan fingerprint density at radius 1 is 1.47 bits per heavy atom. The molecule has 5 nitrogen and oxygen atoms in total. The summed E-state index contributed by atoms with van der Waals surface area (Å²) in [5, 5.41) is 10.00. The number of aromatic nitrogens is 1. The van der Waals surface area contributed by atoms with Gasteiger partial charge in [-0.15, -0.1) is 11.3 Å². The fraction of sp³-hybridized carbons (Fsp3) is 0.273. The number of thiophene rings is 1. The highest BCUT2D eigenvalue weighted by molar-refractivity contribution is 7.21. The molecule has 0 aliphatic rings. The van der Waals surface area contributed by atoms with Gasteiger partial charge in [-0.05, 0) is 6.07 Å². The normalized spacial score (nSPS) is 10.5. The standard InChI is InChI=1S/C11H12N2O3S/c1-13(2)8-6-4-5-7(16-3)12-10(6)17-9(8)11(14)15/h4-5H,1-3H3,(H,14,15). The average Bonchev–Trinajstić information content (AvgIpc) is 2.66. The van der Waals surface area contributed by atoms with Gasteiger partial charge in [-0.3, -0.25) is 0 Å². The van der Waals surface area contributed by atoms with Crippen molar-refractivity contribution in [2.45, 2.75) is 0 Å². The van der Waals surface area contributed by atoms with E-state index in [4.69, 9.17) is 9.84 Å². The maximum atomic E-state index is 11.2. The summed E-state index contributed by atoms with van der Waals surface area (Å²) in [6, 6.07) is 3.56. The SMILES string of the molecule is COc1ccc2c(N(C)C)c(C(=O)O)sc2n1. The van der Waals surface area contributed by atoms with Gasteiger partial charge >= 0.3 is 5.97 Å². The number of nitrogens with zero attached hydrogens (tertiary/aromatic N) is 2. The van der Waals surface area contributed by atoms with Gasteiger partial charge in [0, 0.05) is 25.5 Å². The minimum absolute atomic E-state index is 0.297. The van der Waals surface area contributed by atoms with Crippen LogP contribution in [0.1, 0.15) is 9.67 Å². The minimum atomic E-state index is -0.935. The number of carboxylic acids is 1. The Labute approximate surface area is 102 Å². The Bertz CT molecular complexity index is 577. The molecule has 90 valence electrons. The number of anilines is 1. The lowest BCUT2D eigenvalue weighted by Crippen LogP contribution is -2.11. The van der Waals surface area contributed by atoms with Crippen LogP contribution in [0.2, 0.25) is 0 Å². The van der Waals surface area contributed by atoms with Crippen LogP contribution in [0.15, 0.2) is 12.1 Å². The molecule has 17 heavy (non-hydrogen) atoms. The van der Waals surface area contributed by atoms with E-state index >= 15 is 0 Å². The number of aromatic carboxylic acids is 1. The monoisotopic (exact) mass is 252 g/mol. The second-order valence-electron chi connectivity index (χ2n) is 3.69. The van der Waals surface area contributed by atoms with Crippen LogP contribution in [0.4, 0.5) is 5.69 Å². The first kappa shape index (κ1) is 11.7. The molecule has 2 heterocycles. The second-order valence-corrected chi connectivity index (χ2v) is 4.68. The van der Waals surface area contributed by atoms with Gasteiger partial charge in [0.1, 0.15) is 9.71 Å². The summed E-state index contributed by atoms with van der Waals surface area (Å²) in [4.78, 5) is 18.2. The number of ether oxygens (including phenoxy) is 1. The lowest BCUT2D eigenvalue weighted by Gasteiger charge is -2.12. The molecule has 0 atom stereocenters. The van der Waals surface area contributed by atoms with E-state index in [-0.39, 0.29) is 0 Å². The van der Waals surface area contributed by atoms with Gasteiger partial charge < -0.3 is 14.7 Å². The first-order valence-electron chi connectivity index (χ1n) is 4.92. The van der Waals surface area contributed by atoms with E-state index in [1.54, 1.807) is 11.0 Å². The molecule has 0 saturated heterocycles. The van der Waals surface area contributed by atoms with Crippen LogP contribution in [0.3, 0.4) is 0 Å². The molecule has 0 unspecified atom stereocenters. The summed E-state index contributed by atoms with van der Waals surface area (Å²) in [7, 11) is 5.17. The molecule has 0 aliphatic heterocycles. The van der Waals surface area contributed by atoms with Crippen molar-refractivity contribution in [1.29, 1.82) is 0 Å². The fourth-order valence-corrected chi connectivity index (χ4v) is 2.73. The lowest BCUT2D eigenvalue weighted by molar-refractivity contribution is 0.0703. The van der Waals surface area contributed by atoms with Gasteiger partial charge in [0.05, 0.1) is 12.8 Å². The number of methoxy groups -OCH3 is 1. The predicted octanol–water partition coefficient (Wildman–Crippen LogP) is 2.07. The summed E-state index contributed by atoms with van der Waals surface area (Å²) < 4.78 is 5.03. The molecule has 0 aliphatic carbocycles. The molecule has 2 aromatic heterocycles. The molecular formula is C11H12N2O3S. The summed E-state index contributed by atoms with van der Waals surface area (Å²) in [6.07, 6.45) is 0. The van der Waals surface area contributed by atoms with E-state index in [0.29, 0.717) is 21.3 Å². The molecule has 0 aromatic carbocycles. The molecule has 1 N–H and O–H groups in total. The van der Waals surface area contributed by atoms with E-state index in [0.717, 1.165) is 16.7 Å². The fourth-order valence-electron chi connectivity index (χ4n) is 1.65. The molecule has 0 bridgehead atoms. The number of hydrogen-bond donors (Lipinski definition) is 1. The van der Waals surface area contributed by atoms with Crippen molar-refractivity contribution >= 4 is 33.2 Å². The molecule has 0 fully saturated rings. The van der Waals surface area contributed by atoms with Gasteiger partial charge in [-0.1, -0.05) is 0 Å². The Balaban J connectivity index is 2.74. The topological polar surface area (TPSA) is 62.7 Å². The van der Waals surface area contributed by atoms with Crippen LogP contribution in [0.5, 0.6) is 5.88 Å². The quantitative estimate of drug-likeness (QED) is 0.906. The maximum Gasteiger partial charge on any atom is 0.348 e. The minimum Gasteiger partial charge on any atom is -0.481 e. The van der Waals surface area contributed by atoms with Gasteiger partial charge in [0.2, 0.25) is 5.88 Å². The van der Waals surface area contributed by atoms with Crippen molar-refractivity contribution in [2.24, 2.45) is 0 Å². The van der Waals surface area contributed by atoms with Crippen LogP contribution in [-0.4, -0.2) is 37.3 Å². The summed E-state index contributed by atoms with van der Waals surface area (Å²) in [5.74, 6) is -0.448. The molecular weight excluding hydrogens is 240 g/mol. The third-order valence-electron chi connectivity index (χ3n) is 2.35. The number of pyridine rings is 1. The summed E-state index contributed by atoms with van der Waals surface area (Å²) in [5.41, 5.74) is 0.688. The summed E-state index contributed by atoms with van der Waals surface area (Å²) in [6.45, 7) is 0. The Hall–Kier alpha value is -1.82. The van der Waals surface area contributed by atoms with Crippen molar-refractivity contribution in [3.8, 4) is 5.88 Å². The van der Waals surface area contributed by atoms with Crippen molar-refractivity contribution in [3.63, 3.8) is 0 Å². The zero-order valence-electron chi connectivity index (χ0n) is 9.72. The Morgan fingerprint density at radius 2 is 2.18 bits per heavy atom. The van der Waals surface area contributed by atoms with Gasteiger partial charge in [0.15, 0.2) is 0 Å². The first-order chi connectivity index (χ1) is 8.04. The van der Waals surface area contributed by atoms with Crippen LogP contribution < -0.4 is 9.64 Å². The number of hydrogen-bond acceptors (Lipinski definition) is 5. The first-order valence-corrected chi connectivity index (χ1v) is 5.74. The van der Waals surface area contributed by atoms with Crippen molar-refractivity contribution in [3.05, 3.63) is 17.0 Å². The largest absolute Gasteiger partial charge is 0.481 e. The van der Waals surface area contributed by atoms with Gasteiger partial charge in [-0.2, -0.15) is 0 Å². The highest BCUT2D eigenvalue weighted by atomic mass is 32.1. The van der Waals surface area contributed by atoms with Crippen molar-refractivity contribution < 1.29 is 14.6 Å². The highest BCUT2D eigenvalue weighted by Crippen LogP contribution is 2.37. The zero-order chi connectivity index (χ0) is 12.6. The molecule has 2 rings (SSSR count). The van der Waals surface area contributed by atoms with E-state index < -0.39 is 5.97 Å². The van der Waals surface area contributed by atoms with Crippen LogP contribution in [0.25, 0.3) is 10.2 Å². The van der Waals surface area contributed by atoms with Crippen LogP contribution in [0, 0.1) is 0 Å². The number of carbonyl (C=O) groups is 1. The Kier molecular flexibility index (Phi) is 2.89. The van der Waals surface area contributed by atoms with Crippen molar-refractivity contribution in [2.75, 3.05) is 26.1 Å². The average molecular weight is 252 g/mol. The maximum absolute atomic E-state index is 11.2. The number of carboxylic acid groups (broad SMARTS) is 1. The molecule has 0 radical (unpaired) electrons. The van der Waals surface area contributed by atoms with E-state index in [2.05, 4.69) is 4.98 Å². The summed E-state index contributed by atoms with van der Waals surface area (Å²) >= 11 is 1.16. The van der Waals surface area contributed by atoms with Crippen molar-refractivity contribution in [1.82, 2.24) is 4.98 Å². The number of rotatable bonds is 3. The van der Waals surface area contributed by atoms with Gasteiger partial charge in [-0.25, -0.2) is 9.78 Å². The molecule has 6 heteroatoms. The molecule has 0 amide bonds. The van der Waals surface area contributed by atoms with E-state index in [1.165, 1.54) is 7.11 Å². The molecule has 0 saturated carbocycles. The van der Waals surface area contributed by atoms with Gasteiger partial charge in [0.25, 0.3) is 0 Å². The Morgan fingerprint density at radius 3 is 2.71 bits per heavy atom. The molecule has 2 aromatic rings. The highest BCUT2D eigenvalue weighted by Gasteiger charge is 2.20. The smallest absolute Gasteiger partial charge is 0.348 e. The second kappa shape index (κ2) is 4.21. The van der Waals surface area contributed by atoms with E-state index in [9.17, 15) is 4.79 Å². The zero-order valence-corrected chi connectivity index (χ0v) is 10.5. The van der Waals surface area contributed by atoms with E-state index in [1.807, 2.05) is 20.2 Å². The van der Waals surface area contributed by atoms with Crippen LogP contribution >= 0.6 is 11.3 Å². The third-order valence-corrected chi connectivity index (χ3v) is 3.43. The number of fused-ring (bicyclic) bond motifs is 1. The lowest BCUT2D eigenvalue weighted by atomic mass is 10.2. The predicted molar refractivity (Wildman–Crippen MR) is 67.5 cm³/mol.